The van der Waals surface area contributed by atoms with Crippen LogP contribution in [0.2, 0.25) is 0 Å². The first-order valence-corrected chi connectivity index (χ1v) is 5.08. The standard InChI is InChI=1S/CH4N4O2.CH5N3.Cr.2H2O.2O/c2-1(3)4-5(6)7;2-1(3)4;;;;;/h(H4,2,3,4);(H5,2,3,4);;2*1H2;;/q;;+2;;;;/p-2. The van der Waals surface area contributed by atoms with E-state index in [4.69, 9.17) is 26.7 Å². The molecule has 0 atom stereocenters. The van der Waals surface area contributed by atoms with Crippen LogP contribution >= 0.6 is 0 Å². The van der Waals surface area contributed by atoms with E-state index in [0.717, 1.165) is 0 Å². The molecule has 0 aromatic heterocycles. The number of guanidine groups is 2. The van der Waals surface area contributed by atoms with Crippen LogP contribution in [0, 0.1) is 20.9 Å². The molecule has 0 saturated heterocycles. The Kier molecular flexibility index (Phi) is 11.7. The summed E-state index contributed by atoms with van der Waals surface area (Å²) in [5, 5.41) is 20.7. The summed E-state index contributed by atoms with van der Waals surface area (Å²) in [7, 11) is 0. The monoisotopic (exact) mass is 281 g/mol. The van der Waals surface area contributed by atoms with Crippen LogP contribution < -0.4 is 22.6 Å². The van der Waals surface area contributed by atoms with Crippen molar-refractivity contribution in [3.8, 4) is 0 Å². The molecule has 0 heterocycles. The van der Waals surface area contributed by atoms with E-state index in [0.29, 0.717) is 0 Å². The zero-order valence-corrected chi connectivity index (χ0v) is 8.89. The van der Waals surface area contributed by atoms with Crippen LogP contribution in [0.3, 0.4) is 0 Å². The molecule has 0 unspecified atom stereocenters. The fourth-order valence-corrected chi connectivity index (χ4v) is 0.0983. The molecule has 0 aromatic carbocycles. The third-order valence-electron chi connectivity index (χ3n) is 0.212. The van der Waals surface area contributed by atoms with Crippen LogP contribution in [0.15, 0.2) is 0 Å². The molecule has 0 saturated carbocycles. The maximum atomic E-state index is 9.28. The van der Waals surface area contributed by atoms with Gasteiger partial charge < -0.3 is 17.2 Å². The van der Waals surface area contributed by atoms with E-state index in [2.05, 4.69) is 17.2 Å². The van der Waals surface area contributed by atoms with Crippen molar-refractivity contribution in [3.05, 3.63) is 10.1 Å². The summed E-state index contributed by atoms with van der Waals surface area (Å²) in [6.45, 7) is 0. The molecule has 0 aliphatic rings. The van der Waals surface area contributed by atoms with Gasteiger partial charge in [-0.2, -0.15) is 0 Å². The third kappa shape index (κ3) is 365. The normalized spacial score (nSPS) is 8.38. The zero-order valence-electron chi connectivity index (χ0n) is 7.61. The van der Waals surface area contributed by atoms with E-state index in [9.17, 15) is 10.1 Å². The van der Waals surface area contributed by atoms with Crippen LogP contribution in [-0.2, 0) is 21.2 Å². The zero-order chi connectivity index (χ0) is 13.9. The van der Waals surface area contributed by atoms with E-state index in [-0.39, 0.29) is 5.96 Å². The second-order valence-corrected chi connectivity index (χ2v) is 3.08. The molecular formula is C2H11CrN7O6. The van der Waals surface area contributed by atoms with Gasteiger partial charge in [0.25, 0.3) is 0 Å². The molecule has 0 spiro atoms. The van der Waals surface area contributed by atoms with Gasteiger partial charge in [-0.15, -0.1) is 0 Å². The Labute approximate surface area is 90.7 Å². The van der Waals surface area contributed by atoms with E-state index in [1.54, 1.807) is 0 Å². The average Bonchev–Trinajstić information content (AvgIpc) is 1.74. The molecule has 0 radical (unpaired) electrons. The second kappa shape index (κ2) is 9.54. The molecule has 13 nitrogen and oxygen atoms in total. The van der Waals surface area contributed by atoms with Gasteiger partial charge in [0.05, 0.1) is 0 Å². The Morgan fingerprint density at radius 1 is 1.25 bits per heavy atom. The summed E-state index contributed by atoms with van der Waals surface area (Å²) in [5.74, 6) is -0.995. The topological polar surface area (TPSA) is 256 Å². The first-order chi connectivity index (χ1) is 6.86. The van der Waals surface area contributed by atoms with Crippen molar-refractivity contribution in [2.75, 3.05) is 0 Å². The number of nitrogens with one attached hydrogen (secondary N) is 3. The maximum absolute atomic E-state index is 9.28. The predicted octanol–water partition coefficient (Wildman–Crippen LogP) is -3.85. The van der Waals surface area contributed by atoms with Crippen LogP contribution in [0.5, 0.6) is 0 Å². The molecule has 11 N–H and O–H groups in total. The van der Waals surface area contributed by atoms with Crippen LogP contribution in [0.1, 0.15) is 0 Å². The second-order valence-electron chi connectivity index (χ2n) is 1.69. The van der Waals surface area contributed by atoms with Gasteiger partial charge in [-0.1, -0.05) is 5.43 Å². The number of nitrogens with zero attached hydrogens (tertiary/aromatic N) is 1. The first-order valence-electron chi connectivity index (χ1n) is 2.90. The number of rotatable bonds is 1. The minimum absolute atomic E-state index is 0.333. The number of hydrogen-bond donors (Lipinski definition) is 8. The summed E-state index contributed by atoms with van der Waals surface area (Å²) in [4.78, 5) is 9.28. The minimum atomic E-state index is -5.25. The molecule has 14 heteroatoms. The van der Waals surface area contributed by atoms with Gasteiger partial charge in [0.1, 0.15) is 0 Å². The van der Waals surface area contributed by atoms with Crippen LogP contribution in [0.25, 0.3) is 0 Å². The van der Waals surface area contributed by atoms with Gasteiger partial charge >= 0.3 is 29.5 Å². The Balaban J connectivity index is -0.000000166. The third-order valence-corrected chi connectivity index (χ3v) is 0.212. The van der Waals surface area contributed by atoms with Gasteiger partial charge in [-0.25, -0.2) is 10.1 Å². The molecule has 0 bridgehead atoms. The van der Waals surface area contributed by atoms with Crippen molar-refractivity contribution in [1.82, 2.24) is 5.43 Å². The van der Waals surface area contributed by atoms with Crippen molar-refractivity contribution in [2.45, 2.75) is 0 Å². The predicted molar refractivity (Wildman–Crippen MR) is 44.0 cm³/mol. The Bertz CT molecular complexity index is 311. The summed E-state index contributed by atoms with van der Waals surface area (Å²) >= 11 is -5.25. The molecular weight excluding hydrogens is 270 g/mol. The van der Waals surface area contributed by atoms with Crippen molar-refractivity contribution >= 4 is 11.9 Å². The van der Waals surface area contributed by atoms with Crippen LogP contribution in [-0.4, -0.2) is 25.3 Å². The van der Waals surface area contributed by atoms with Crippen molar-refractivity contribution in [2.24, 2.45) is 17.2 Å². The molecule has 0 fully saturated rings. The SMILES string of the molecule is N=C(N)N.N=C(N)N[N+](=O)[O-].[O]=[Cr](=[O])([OH])[OH]. The Morgan fingerprint density at radius 3 is 1.44 bits per heavy atom. The quantitative estimate of drug-likeness (QED) is 0.100. The molecule has 0 amide bonds. The number of hydrogen-bond acceptors (Lipinski definition) is 6. The molecule has 0 rings (SSSR count). The summed E-state index contributed by atoms with van der Waals surface area (Å²) in [6.07, 6.45) is 0. The van der Waals surface area contributed by atoms with E-state index in [1.165, 1.54) is 5.43 Å². The van der Waals surface area contributed by atoms with Gasteiger partial charge in [0.2, 0.25) is 5.96 Å². The molecule has 16 heavy (non-hydrogen) atoms. The van der Waals surface area contributed by atoms with Gasteiger partial charge in [0.15, 0.2) is 11.0 Å². The van der Waals surface area contributed by atoms with E-state index < -0.39 is 24.6 Å². The molecule has 0 aliphatic heterocycles. The fraction of sp³-hybridized carbons (Fsp3) is 0. The first kappa shape index (κ1) is 19.5. The summed E-state index contributed by atoms with van der Waals surface area (Å²) in [5.41, 5.74) is 14.9. The molecule has 0 aliphatic carbocycles. The fourth-order valence-electron chi connectivity index (χ4n) is 0.0983. The Morgan fingerprint density at radius 2 is 1.44 bits per heavy atom. The van der Waals surface area contributed by atoms with Gasteiger partial charge in [0, 0.05) is 0 Å². The van der Waals surface area contributed by atoms with Gasteiger partial charge in [-0.3, -0.25) is 10.8 Å². The molecule has 96 valence electrons. The Hall–Kier alpha value is -2.01. The van der Waals surface area contributed by atoms with E-state index in [1.807, 2.05) is 0 Å². The number of nitro groups is 1. The van der Waals surface area contributed by atoms with Crippen molar-refractivity contribution in [3.63, 3.8) is 0 Å². The average molecular weight is 281 g/mol. The summed E-state index contributed by atoms with van der Waals surface area (Å²) < 4.78 is 31.9. The number of hydrazine groups is 1. The number of nitrogens with two attached hydrogens (primary N) is 3. The molecule has 0 aromatic rings. The van der Waals surface area contributed by atoms with Crippen molar-refractivity contribution < 1.29 is 34.6 Å². The van der Waals surface area contributed by atoms with Crippen molar-refractivity contribution in [1.29, 1.82) is 10.8 Å². The van der Waals surface area contributed by atoms with Crippen LogP contribution in [0.4, 0.5) is 0 Å². The summed E-state index contributed by atoms with van der Waals surface area (Å²) in [6, 6.07) is 0. The van der Waals surface area contributed by atoms with Gasteiger partial charge in [-0.05, 0) is 0 Å². The van der Waals surface area contributed by atoms with E-state index >= 15 is 0 Å².